The van der Waals surface area contributed by atoms with Gasteiger partial charge in [0.1, 0.15) is 12.6 Å². The molecule has 6 N–H and O–H groups in total. The lowest BCUT2D eigenvalue weighted by molar-refractivity contribution is -0.160. The molecule has 0 aromatic heterocycles. The molecular weight excluding hydrogens is 426 g/mol. The Morgan fingerprint density at radius 2 is 1.84 bits per heavy atom. The van der Waals surface area contributed by atoms with Gasteiger partial charge in [-0.2, -0.15) is 0 Å². The van der Waals surface area contributed by atoms with Gasteiger partial charge in [0.2, 0.25) is 11.8 Å². The Labute approximate surface area is 180 Å². The predicted octanol–water partition coefficient (Wildman–Crippen LogP) is 0.234. The van der Waals surface area contributed by atoms with Crippen LogP contribution in [0.25, 0.3) is 0 Å². The normalized spacial score (nSPS) is 23.2. The Kier molecular flexibility index (Phi) is 5.08. The molecule has 0 aliphatic carbocycles. The summed E-state index contributed by atoms with van der Waals surface area (Å²) in [6, 6.07) is 4.03. The van der Waals surface area contributed by atoms with Gasteiger partial charge in [-0.3, -0.25) is 14.5 Å². The molecule has 1 aromatic carbocycles. The molecule has 32 heavy (non-hydrogen) atoms. The van der Waals surface area contributed by atoms with Crippen LogP contribution in [0.3, 0.4) is 0 Å². The lowest BCUT2D eigenvalue weighted by Crippen LogP contribution is -2.73. The van der Waals surface area contributed by atoms with Crippen LogP contribution in [0.4, 0.5) is 20.1 Å². The van der Waals surface area contributed by atoms with Gasteiger partial charge < -0.3 is 36.3 Å². The smallest absolute Gasteiger partial charge is 0.449 e. The number of carboxylic acid groups (broad SMARTS) is 1. The van der Waals surface area contributed by atoms with Gasteiger partial charge in [-0.15, -0.1) is 0 Å². The van der Waals surface area contributed by atoms with Crippen LogP contribution >= 0.6 is 0 Å². The minimum absolute atomic E-state index is 0.192. The maximum atomic E-state index is 12.8. The van der Waals surface area contributed by atoms with Gasteiger partial charge in [-0.25, -0.2) is 14.4 Å². The zero-order valence-corrected chi connectivity index (χ0v) is 16.5. The number of carbonyl (C=O) groups is 5. The largest absolute Gasteiger partial charge is 0.512 e. The molecule has 3 atom stereocenters. The Bertz CT molecular complexity index is 1050. The second kappa shape index (κ2) is 7.76. The molecule has 3 aliphatic heterocycles. The number of carbonyl (C=O) groups excluding carboxylic acids is 4. The molecular formula is C19H19N5O8. The van der Waals surface area contributed by atoms with Gasteiger partial charge >= 0.3 is 18.3 Å². The molecule has 168 valence electrons. The molecule has 3 heterocycles. The number of urea groups is 1. The lowest BCUT2D eigenvalue weighted by atomic mass is 9.78. The SMILES string of the molecule is NC(=O)OCC1=C(OC(=O)O)N2C(=O)[C@@H]3[C@H]2C1CCN3C(=O)Nc1ccc(C(N)=O)cc1. The van der Waals surface area contributed by atoms with Crippen LogP contribution in [0.15, 0.2) is 35.7 Å². The summed E-state index contributed by atoms with van der Waals surface area (Å²) < 4.78 is 9.62. The number of piperidine rings is 1. The van der Waals surface area contributed by atoms with Crippen molar-refractivity contribution in [2.24, 2.45) is 17.4 Å². The minimum atomic E-state index is -1.62. The Morgan fingerprint density at radius 1 is 1.16 bits per heavy atom. The third-order valence-corrected chi connectivity index (χ3v) is 5.72. The summed E-state index contributed by atoms with van der Waals surface area (Å²) in [7, 11) is 0. The van der Waals surface area contributed by atoms with E-state index in [-0.39, 0.29) is 30.5 Å². The lowest BCUT2D eigenvalue weighted by Gasteiger charge is -2.52. The number of amides is 5. The van der Waals surface area contributed by atoms with Crippen LogP contribution < -0.4 is 16.8 Å². The third-order valence-electron chi connectivity index (χ3n) is 5.72. The molecule has 3 aliphatic rings. The number of nitrogens with two attached hydrogens (primary N) is 2. The first kappa shape index (κ1) is 21.0. The zero-order chi connectivity index (χ0) is 23.2. The van der Waals surface area contributed by atoms with E-state index < -0.39 is 42.2 Å². The van der Waals surface area contributed by atoms with Crippen molar-refractivity contribution in [2.75, 3.05) is 18.5 Å². The maximum absolute atomic E-state index is 12.8. The standard InChI is InChI=1S/C19H19N5O8/c20-14(25)8-1-3-9(4-2-8)22-18(28)23-6-5-10-11(7-31-17(21)27)16(32-19(29)30)24-12(10)13(23)15(24)26/h1-4,10,12-13H,5-7H2,(H2,20,25)(H2,21,27)(H,22,28)(H,29,30)/t10?,12-,13+/m1/s1. The summed E-state index contributed by atoms with van der Waals surface area (Å²) in [5.41, 5.74) is 11.2. The summed E-state index contributed by atoms with van der Waals surface area (Å²) >= 11 is 0. The Balaban J connectivity index is 1.52. The van der Waals surface area contributed by atoms with Crippen molar-refractivity contribution in [3.8, 4) is 0 Å². The summed E-state index contributed by atoms with van der Waals surface area (Å²) in [6.45, 7) is -0.134. The molecule has 2 fully saturated rings. The van der Waals surface area contributed by atoms with E-state index >= 15 is 0 Å². The number of hydrogen-bond donors (Lipinski definition) is 4. The Morgan fingerprint density at radius 3 is 2.44 bits per heavy atom. The maximum Gasteiger partial charge on any atom is 0.512 e. The molecule has 4 rings (SSSR count). The first-order valence-corrected chi connectivity index (χ1v) is 9.55. The number of hydrogen-bond acceptors (Lipinski definition) is 7. The van der Waals surface area contributed by atoms with Crippen LogP contribution in [0.1, 0.15) is 16.8 Å². The van der Waals surface area contributed by atoms with E-state index in [0.29, 0.717) is 17.7 Å². The minimum Gasteiger partial charge on any atom is -0.449 e. The molecule has 13 nitrogen and oxygen atoms in total. The summed E-state index contributed by atoms with van der Waals surface area (Å²) in [5.74, 6) is -1.68. The quantitative estimate of drug-likeness (QED) is 0.365. The van der Waals surface area contributed by atoms with E-state index in [1.54, 1.807) is 0 Å². The topological polar surface area (TPSA) is 195 Å². The van der Waals surface area contributed by atoms with Gasteiger partial charge in [0.25, 0.3) is 5.91 Å². The monoisotopic (exact) mass is 445 g/mol. The van der Waals surface area contributed by atoms with Gasteiger partial charge in [0.15, 0.2) is 0 Å². The predicted molar refractivity (Wildman–Crippen MR) is 105 cm³/mol. The number of nitrogens with one attached hydrogen (secondary N) is 1. The van der Waals surface area contributed by atoms with E-state index in [2.05, 4.69) is 5.32 Å². The highest BCUT2D eigenvalue weighted by Crippen LogP contribution is 2.49. The van der Waals surface area contributed by atoms with Gasteiger partial charge in [-0.05, 0) is 30.7 Å². The van der Waals surface area contributed by atoms with Crippen LogP contribution in [0.5, 0.6) is 0 Å². The number of ether oxygens (including phenoxy) is 2. The average molecular weight is 445 g/mol. The number of rotatable bonds is 5. The summed E-state index contributed by atoms with van der Waals surface area (Å²) in [5, 5.41) is 11.7. The van der Waals surface area contributed by atoms with Crippen molar-refractivity contribution < 1.29 is 38.6 Å². The van der Waals surface area contributed by atoms with Crippen molar-refractivity contribution in [3.63, 3.8) is 0 Å². The first-order valence-electron chi connectivity index (χ1n) is 9.55. The van der Waals surface area contributed by atoms with Crippen molar-refractivity contribution in [2.45, 2.75) is 18.5 Å². The molecule has 0 spiro atoms. The second-order valence-electron chi connectivity index (χ2n) is 7.41. The van der Waals surface area contributed by atoms with E-state index in [1.807, 2.05) is 0 Å². The van der Waals surface area contributed by atoms with Crippen LogP contribution in [-0.4, -0.2) is 70.2 Å². The van der Waals surface area contributed by atoms with E-state index in [9.17, 15) is 24.0 Å². The third kappa shape index (κ3) is 3.42. The fraction of sp³-hybridized carbons (Fsp3) is 0.316. The number of β-lactam (4-membered cyclic amide) rings is 1. The van der Waals surface area contributed by atoms with Crippen LogP contribution in [-0.2, 0) is 14.3 Å². The highest BCUT2D eigenvalue weighted by Gasteiger charge is 2.64. The van der Waals surface area contributed by atoms with Crippen LogP contribution in [0, 0.1) is 5.92 Å². The molecule has 0 saturated carbocycles. The van der Waals surface area contributed by atoms with Crippen molar-refractivity contribution >= 4 is 35.8 Å². The van der Waals surface area contributed by atoms with Crippen molar-refractivity contribution in [1.29, 1.82) is 0 Å². The zero-order valence-electron chi connectivity index (χ0n) is 16.5. The molecule has 1 aromatic rings. The summed E-state index contributed by atoms with van der Waals surface area (Å²) in [4.78, 5) is 61.5. The molecule has 0 radical (unpaired) electrons. The van der Waals surface area contributed by atoms with Crippen molar-refractivity contribution in [3.05, 3.63) is 41.3 Å². The molecule has 13 heteroatoms. The average Bonchev–Trinajstić information content (AvgIpc) is 3.02. The number of benzene rings is 1. The first-order chi connectivity index (χ1) is 15.2. The molecule has 1 unspecified atom stereocenters. The number of primary amides is 2. The molecule has 0 bridgehead atoms. The summed E-state index contributed by atoms with van der Waals surface area (Å²) in [6.07, 6.45) is -2.30. The Hall–Kier alpha value is -4.29. The number of nitrogens with zero attached hydrogens (tertiary/aromatic N) is 2. The van der Waals surface area contributed by atoms with Gasteiger partial charge in [0.05, 0.1) is 6.04 Å². The van der Waals surface area contributed by atoms with E-state index in [4.69, 9.17) is 26.0 Å². The second-order valence-corrected chi connectivity index (χ2v) is 7.41. The molecule has 5 amide bonds. The van der Waals surface area contributed by atoms with Crippen molar-refractivity contribution in [1.82, 2.24) is 9.80 Å². The fourth-order valence-electron chi connectivity index (χ4n) is 4.39. The highest BCUT2D eigenvalue weighted by atomic mass is 16.7. The number of likely N-dealkylation sites (tertiary alicyclic amines) is 1. The van der Waals surface area contributed by atoms with E-state index in [1.165, 1.54) is 34.1 Å². The highest BCUT2D eigenvalue weighted by molar-refractivity contribution is 5.99. The van der Waals surface area contributed by atoms with Crippen LogP contribution in [0.2, 0.25) is 0 Å². The fourth-order valence-corrected chi connectivity index (χ4v) is 4.39. The van der Waals surface area contributed by atoms with Gasteiger partial charge in [0, 0.05) is 29.3 Å². The number of anilines is 1. The van der Waals surface area contributed by atoms with Gasteiger partial charge in [-0.1, -0.05) is 0 Å². The van der Waals surface area contributed by atoms with E-state index in [0.717, 1.165) is 0 Å². The molecule has 2 saturated heterocycles.